The average Bonchev–Trinajstić information content (AvgIpc) is 2.94. The number of carbonyl (C=O) groups is 1. The first kappa shape index (κ1) is 25.0. The maximum atomic E-state index is 13.4. The Morgan fingerprint density at radius 2 is 1.35 bits per heavy atom. The molecule has 0 unspecified atom stereocenters. The Balaban J connectivity index is 1.48. The fraction of sp³-hybridized carbons (Fsp3) is 0.121. The summed E-state index contributed by atoms with van der Waals surface area (Å²) in [5, 5.41) is 2.12. The third-order valence-electron chi connectivity index (χ3n) is 6.71. The predicted octanol–water partition coefficient (Wildman–Crippen LogP) is 8.34. The van der Waals surface area contributed by atoms with E-state index < -0.39 is 5.92 Å². The van der Waals surface area contributed by atoms with Crippen LogP contribution >= 0.6 is 22.6 Å². The molecule has 0 amide bonds. The van der Waals surface area contributed by atoms with Crippen molar-refractivity contribution in [3.63, 3.8) is 0 Å². The summed E-state index contributed by atoms with van der Waals surface area (Å²) in [4.78, 5) is 13.4. The highest BCUT2D eigenvalue weighted by Gasteiger charge is 2.25. The summed E-state index contributed by atoms with van der Waals surface area (Å²) in [6.07, 6.45) is 0. The van der Waals surface area contributed by atoms with Crippen LogP contribution in [0.5, 0.6) is 11.5 Å². The van der Waals surface area contributed by atoms with E-state index in [-0.39, 0.29) is 11.9 Å². The fourth-order valence-electron chi connectivity index (χ4n) is 4.66. The van der Waals surface area contributed by atoms with Crippen molar-refractivity contribution in [3.05, 3.63) is 141 Å². The second-order valence-electron chi connectivity index (χ2n) is 9.02. The molecule has 3 nitrogen and oxygen atoms in total. The van der Waals surface area contributed by atoms with Crippen LogP contribution in [0, 0.1) is 3.57 Å². The highest BCUT2D eigenvalue weighted by Crippen LogP contribution is 2.39. The van der Waals surface area contributed by atoms with E-state index in [1.165, 1.54) is 5.56 Å². The molecule has 0 spiro atoms. The molecule has 0 radical (unpaired) electrons. The molecule has 0 aliphatic carbocycles. The molecule has 0 aliphatic heterocycles. The van der Waals surface area contributed by atoms with Gasteiger partial charge in [-0.05, 0) is 81.2 Å². The van der Waals surface area contributed by atoms with E-state index in [0.29, 0.717) is 5.75 Å². The third kappa shape index (κ3) is 5.39. The second kappa shape index (κ2) is 11.2. The largest absolute Gasteiger partial charge is 0.497 e. The predicted molar refractivity (Wildman–Crippen MR) is 158 cm³/mol. The second-order valence-corrected chi connectivity index (χ2v) is 10.2. The maximum absolute atomic E-state index is 13.4. The third-order valence-corrected chi connectivity index (χ3v) is 7.70. The first-order valence-electron chi connectivity index (χ1n) is 12.2. The molecule has 5 aromatic carbocycles. The molecule has 4 heteroatoms. The molecule has 5 aromatic rings. The molecule has 37 heavy (non-hydrogen) atoms. The van der Waals surface area contributed by atoms with Crippen LogP contribution < -0.4 is 9.47 Å². The quantitative estimate of drug-likeness (QED) is 0.0818. The maximum Gasteiger partial charge on any atom is 0.318 e. The van der Waals surface area contributed by atoms with Gasteiger partial charge in [-0.2, -0.15) is 0 Å². The summed E-state index contributed by atoms with van der Waals surface area (Å²) in [7, 11) is 1.66. The topological polar surface area (TPSA) is 35.5 Å². The zero-order valence-electron chi connectivity index (χ0n) is 20.7. The Kier molecular flexibility index (Phi) is 7.56. The van der Waals surface area contributed by atoms with Gasteiger partial charge in [0.15, 0.2) is 0 Å². The van der Waals surface area contributed by atoms with E-state index in [4.69, 9.17) is 9.47 Å². The van der Waals surface area contributed by atoms with Gasteiger partial charge in [-0.1, -0.05) is 91.0 Å². The van der Waals surface area contributed by atoms with Crippen molar-refractivity contribution in [2.75, 3.05) is 7.11 Å². The smallest absolute Gasteiger partial charge is 0.318 e. The Bertz CT molecular complexity index is 1540. The summed E-state index contributed by atoms with van der Waals surface area (Å²) in [5.41, 5.74) is 4.20. The van der Waals surface area contributed by atoms with Gasteiger partial charge in [0.1, 0.15) is 11.5 Å². The van der Waals surface area contributed by atoms with Gasteiger partial charge in [-0.3, -0.25) is 4.79 Å². The molecule has 0 heterocycles. The van der Waals surface area contributed by atoms with Crippen molar-refractivity contribution < 1.29 is 14.3 Å². The average molecular weight is 598 g/mol. The van der Waals surface area contributed by atoms with Crippen LogP contribution in [0.3, 0.4) is 0 Å². The molecule has 0 N–H and O–H groups in total. The number of carbonyl (C=O) groups excluding carboxylic acids is 1. The number of methoxy groups -OCH3 is 1. The number of halogens is 1. The first-order valence-corrected chi connectivity index (χ1v) is 13.3. The first-order chi connectivity index (χ1) is 18.0. The van der Waals surface area contributed by atoms with Gasteiger partial charge in [-0.15, -0.1) is 0 Å². The van der Waals surface area contributed by atoms with Crippen molar-refractivity contribution in [2.24, 2.45) is 0 Å². The van der Waals surface area contributed by atoms with Gasteiger partial charge in [0.05, 0.1) is 13.0 Å². The summed E-state index contributed by atoms with van der Waals surface area (Å²) < 4.78 is 12.6. The molecular formula is C33H27IO3. The molecular weight excluding hydrogens is 571 g/mol. The molecule has 0 aromatic heterocycles. The zero-order valence-corrected chi connectivity index (χ0v) is 22.9. The molecule has 0 bridgehead atoms. The molecule has 5 rings (SSSR count). The Labute approximate surface area is 231 Å². The highest BCUT2D eigenvalue weighted by atomic mass is 127. The van der Waals surface area contributed by atoms with E-state index >= 15 is 0 Å². The van der Waals surface area contributed by atoms with E-state index in [1.807, 2.05) is 85.8 Å². The number of fused-ring (bicyclic) bond motifs is 1. The number of para-hydroxylation sites is 1. The standard InChI is InChI=1S/C33H27IO3/c1-22(24-16-17-26-21-27(36-2)19-18-25(26)20-24)33(35)37-31-15-9-7-13-29(31)32(23-10-4-3-5-11-23)28-12-6-8-14-30(28)34/h3-22,32H,1-2H3/t22-,32+/m0/s1. The Morgan fingerprint density at radius 3 is 2.11 bits per heavy atom. The lowest BCUT2D eigenvalue weighted by molar-refractivity contribution is -0.135. The van der Waals surface area contributed by atoms with Gasteiger partial charge in [0.2, 0.25) is 0 Å². The van der Waals surface area contributed by atoms with Gasteiger partial charge in [-0.25, -0.2) is 0 Å². The van der Waals surface area contributed by atoms with Crippen LogP contribution in [-0.2, 0) is 4.79 Å². The number of ether oxygens (including phenoxy) is 2. The SMILES string of the molecule is COc1ccc2cc([C@H](C)C(=O)Oc3ccccc3[C@H](c3ccccc3)c3ccccc3I)ccc2c1. The summed E-state index contributed by atoms with van der Waals surface area (Å²) >= 11 is 2.38. The normalized spacial score (nSPS) is 12.6. The lowest BCUT2D eigenvalue weighted by Gasteiger charge is -2.23. The molecule has 184 valence electrons. The van der Waals surface area contributed by atoms with Crippen LogP contribution in [-0.4, -0.2) is 13.1 Å². The van der Waals surface area contributed by atoms with E-state index in [2.05, 4.69) is 59.0 Å². The minimum atomic E-state index is -0.424. The Morgan fingerprint density at radius 1 is 0.703 bits per heavy atom. The number of hydrogen-bond donors (Lipinski definition) is 0. The minimum absolute atomic E-state index is 0.0655. The summed E-state index contributed by atoms with van der Waals surface area (Å²) in [5.74, 6) is 0.620. The van der Waals surface area contributed by atoms with Gasteiger partial charge in [0, 0.05) is 15.1 Å². The number of hydrogen-bond acceptors (Lipinski definition) is 3. The molecule has 2 atom stereocenters. The molecule has 0 aliphatic rings. The van der Waals surface area contributed by atoms with E-state index in [1.54, 1.807) is 7.11 Å². The number of benzene rings is 5. The van der Waals surface area contributed by atoms with Gasteiger partial charge < -0.3 is 9.47 Å². The number of rotatable bonds is 7. The van der Waals surface area contributed by atoms with Crippen molar-refractivity contribution in [2.45, 2.75) is 18.8 Å². The molecule has 0 saturated carbocycles. The van der Waals surface area contributed by atoms with Gasteiger partial charge in [0.25, 0.3) is 0 Å². The molecule has 0 fully saturated rings. The minimum Gasteiger partial charge on any atom is -0.497 e. The van der Waals surface area contributed by atoms with Crippen LogP contribution in [0.4, 0.5) is 0 Å². The lowest BCUT2D eigenvalue weighted by Crippen LogP contribution is -2.18. The zero-order chi connectivity index (χ0) is 25.8. The lowest BCUT2D eigenvalue weighted by atomic mass is 9.84. The van der Waals surface area contributed by atoms with Crippen molar-refractivity contribution >= 4 is 39.3 Å². The Hall–Kier alpha value is -3.64. The van der Waals surface area contributed by atoms with Crippen molar-refractivity contribution in [1.82, 2.24) is 0 Å². The summed E-state index contributed by atoms with van der Waals surface area (Å²) in [6.45, 7) is 1.89. The van der Waals surface area contributed by atoms with Gasteiger partial charge >= 0.3 is 5.97 Å². The van der Waals surface area contributed by atoms with Crippen molar-refractivity contribution in [3.8, 4) is 11.5 Å². The number of esters is 1. The van der Waals surface area contributed by atoms with E-state index in [9.17, 15) is 4.79 Å². The fourth-order valence-corrected chi connectivity index (χ4v) is 5.36. The monoisotopic (exact) mass is 598 g/mol. The summed E-state index contributed by atoms with van der Waals surface area (Å²) in [6, 6.07) is 38.5. The molecule has 0 saturated heterocycles. The van der Waals surface area contributed by atoms with Crippen LogP contribution in [0.15, 0.2) is 115 Å². The van der Waals surface area contributed by atoms with Crippen molar-refractivity contribution in [1.29, 1.82) is 0 Å². The van der Waals surface area contributed by atoms with E-state index in [0.717, 1.165) is 36.8 Å². The highest BCUT2D eigenvalue weighted by molar-refractivity contribution is 14.1. The van der Waals surface area contributed by atoms with Crippen LogP contribution in [0.25, 0.3) is 10.8 Å². The van der Waals surface area contributed by atoms with Crippen LogP contribution in [0.2, 0.25) is 0 Å². The van der Waals surface area contributed by atoms with Crippen LogP contribution in [0.1, 0.15) is 41.0 Å².